The van der Waals surface area contributed by atoms with Crippen LogP contribution >= 0.6 is 15.9 Å². The number of amides is 1. The van der Waals surface area contributed by atoms with Crippen molar-refractivity contribution in [1.29, 1.82) is 0 Å². The first-order valence-electron chi connectivity index (χ1n) is 4.89. The van der Waals surface area contributed by atoms with E-state index in [2.05, 4.69) is 31.4 Å². The van der Waals surface area contributed by atoms with Crippen molar-refractivity contribution in [3.8, 4) is 0 Å². The number of anilines is 1. The number of carbonyl (C=O) groups is 1. The first kappa shape index (κ1) is 12.4. The molecule has 0 atom stereocenters. The van der Waals surface area contributed by atoms with Crippen LogP contribution in [0.4, 0.5) is 10.1 Å². The van der Waals surface area contributed by atoms with Crippen molar-refractivity contribution in [3.63, 3.8) is 0 Å². The van der Waals surface area contributed by atoms with E-state index in [1.165, 1.54) is 18.2 Å². The lowest BCUT2D eigenvalue weighted by Gasteiger charge is -2.07. The van der Waals surface area contributed by atoms with E-state index in [9.17, 15) is 14.0 Å². The Balaban J connectivity index is 2.27. The fourth-order valence-electron chi connectivity index (χ4n) is 1.27. The van der Waals surface area contributed by atoms with Crippen LogP contribution in [-0.2, 0) is 0 Å². The average molecular weight is 312 g/mol. The van der Waals surface area contributed by atoms with Gasteiger partial charge in [-0.15, -0.1) is 0 Å². The minimum atomic E-state index is -0.614. The Morgan fingerprint density at radius 2 is 2.11 bits per heavy atom. The van der Waals surface area contributed by atoms with Crippen molar-refractivity contribution >= 4 is 27.5 Å². The third-order valence-corrected chi connectivity index (χ3v) is 2.77. The minimum absolute atomic E-state index is 0.00949. The Kier molecular flexibility index (Phi) is 3.52. The molecule has 18 heavy (non-hydrogen) atoms. The molecular weight excluding hydrogens is 305 g/mol. The summed E-state index contributed by atoms with van der Waals surface area (Å²) in [6.45, 7) is 0. The van der Waals surface area contributed by atoms with E-state index in [1.807, 2.05) is 0 Å². The first-order valence-corrected chi connectivity index (χ1v) is 5.68. The van der Waals surface area contributed by atoms with Crippen molar-refractivity contribution in [2.45, 2.75) is 0 Å². The van der Waals surface area contributed by atoms with Gasteiger partial charge in [-0.2, -0.15) is 5.10 Å². The summed E-state index contributed by atoms with van der Waals surface area (Å²) in [4.78, 5) is 22.5. The zero-order valence-electron chi connectivity index (χ0n) is 8.91. The van der Waals surface area contributed by atoms with E-state index in [-0.39, 0.29) is 11.4 Å². The molecule has 5 nitrogen and oxygen atoms in total. The molecule has 1 amide bonds. The molecular formula is C11H7BrFN3O2. The van der Waals surface area contributed by atoms with Gasteiger partial charge < -0.3 is 5.32 Å². The molecule has 1 aromatic heterocycles. The maximum absolute atomic E-state index is 13.5. The Labute approximate surface area is 109 Å². The number of H-pyrrole nitrogens is 1. The molecule has 0 radical (unpaired) electrons. The topological polar surface area (TPSA) is 74.8 Å². The second-order valence-corrected chi connectivity index (χ2v) is 4.21. The van der Waals surface area contributed by atoms with Crippen LogP contribution in [0.25, 0.3) is 0 Å². The number of para-hydroxylation sites is 1. The molecule has 1 heterocycles. The predicted molar refractivity (Wildman–Crippen MR) is 66.9 cm³/mol. The van der Waals surface area contributed by atoms with E-state index in [4.69, 9.17) is 0 Å². The van der Waals surface area contributed by atoms with Crippen LogP contribution in [0, 0.1) is 5.82 Å². The summed E-state index contributed by atoms with van der Waals surface area (Å²) >= 11 is 3.13. The van der Waals surface area contributed by atoms with Crippen LogP contribution in [0.1, 0.15) is 10.5 Å². The third-order valence-electron chi connectivity index (χ3n) is 2.11. The molecule has 0 fully saturated rings. The van der Waals surface area contributed by atoms with Crippen molar-refractivity contribution in [2.75, 3.05) is 5.32 Å². The normalized spacial score (nSPS) is 10.1. The molecule has 0 unspecified atom stereocenters. The SMILES string of the molecule is O=C(Nc1c(F)cccc1Br)c1ccc(=O)[nH]n1. The molecule has 0 spiro atoms. The first-order chi connectivity index (χ1) is 8.58. The lowest BCUT2D eigenvalue weighted by molar-refractivity contribution is 0.102. The smallest absolute Gasteiger partial charge is 0.276 e. The Bertz CT molecular complexity index is 616. The summed E-state index contributed by atoms with van der Waals surface area (Å²) in [6.07, 6.45) is 0. The van der Waals surface area contributed by atoms with Gasteiger partial charge in [0.05, 0.1) is 5.69 Å². The molecule has 2 rings (SSSR count). The molecule has 92 valence electrons. The van der Waals surface area contributed by atoms with Gasteiger partial charge in [-0.25, -0.2) is 9.49 Å². The second-order valence-electron chi connectivity index (χ2n) is 3.36. The summed E-state index contributed by atoms with van der Waals surface area (Å²) in [5, 5.41) is 8.04. The number of benzene rings is 1. The van der Waals surface area contributed by atoms with Crippen LogP contribution in [0.15, 0.2) is 39.6 Å². The van der Waals surface area contributed by atoms with Gasteiger partial charge >= 0.3 is 0 Å². The molecule has 7 heteroatoms. The van der Waals surface area contributed by atoms with E-state index < -0.39 is 17.3 Å². The lowest BCUT2D eigenvalue weighted by atomic mass is 10.3. The third kappa shape index (κ3) is 2.62. The fraction of sp³-hybridized carbons (Fsp3) is 0. The summed E-state index contributed by atoms with van der Waals surface area (Å²) < 4.78 is 13.9. The summed E-state index contributed by atoms with van der Waals surface area (Å²) in [6, 6.07) is 6.74. The van der Waals surface area contributed by atoms with Crippen molar-refractivity contribution in [2.24, 2.45) is 0 Å². The summed E-state index contributed by atoms with van der Waals surface area (Å²) in [5.74, 6) is -1.18. The zero-order valence-corrected chi connectivity index (χ0v) is 10.5. The number of hydrogen-bond acceptors (Lipinski definition) is 3. The number of aromatic amines is 1. The predicted octanol–water partition coefficient (Wildman–Crippen LogP) is 1.92. The number of aromatic nitrogens is 2. The molecule has 0 bridgehead atoms. The molecule has 0 saturated heterocycles. The van der Waals surface area contributed by atoms with E-state index in [1.54, 1.807) is 6.07 Å². The van der Waals surface area contributed by atoms with Gasteiger partial charge in [0.15, 0.2) is 0 Å². The van der Waals surface area contributed by atoms with Gasteiger partial charge in [-0.3, -0.25) is 9.59 Å². The van der Waals surface area contributed by atoms with E-state index >= 15 is 0 Å². The molecule has 1 aromatic carbocycles. The fourth-order valence-corrected chi connectivity index (χ4v) is 1.71. The number of nitrogens with zero attached hydrogens (tertiary/aromatic N) is 1. The van der Waals surface area contributed by atoms with Crippen LogP contribution < -0.4 is 10.9 Å². The van der Waals surface area contributed by atoms with E-state index in [0.717, 1.165) is 6.07 Å². The Hall–Kier alpha value is -2.02. The van der Waals surface area contributed by atoms with Gasteiger partial charge in [0.2, 0.25) is 0 Å². The van der Waals surface area contributed by atoms with Crippen molar-refractivity contribution in [1.82, 2.24) is 10.2 Å². The van der Waals surface area contributed by atoms with Crippen LogP contribution in [0.5, 0.6) is 0 Å². The average Bonchev–Trinajstić information content (AvgIpc) is 2.34. The molecule has 0 aliphatic heterocycles. The van der Waals surface area contributed by atoms with Gasteiger partial charge in [0, 0.05) is 10.5 Å². The van der Waals surface area contributed by atoms with Gasteiger partial charge in [-0.1, -0.05) is 6.07 Å². The molecule has 0 aliphatic carbocycles. The number of halogens is 2. The number of nitrogens with one attached hydrogen (secondary N) is 2. The van der Waals surface area contributed by atoms with Gasteiger partial charge in [0.25, 0.3) is 11.5 Å². The highest BCUT2D eigenvalue weighted by atomic mass is 79.9. The maximum Gasteiger partial charge on any atom is 0.276 e. The maximum atomic E-state index is 13.5. The zero-order chi connectivity index (χ0) is 13.1. The highest BCUT2D eigenvalue weighted by molar-refractivity contribution is 9.10. The largest absolute Gasteiger partial charge is 0.317 e. The van der Waals surface area contributed by atoms with Crippen molar-refractivity contribution < 1.29 is 9.18 Å². The molecule has 0 aliphatic rings. The highest BCUT2D eigenvalue weighted by Gasteiger charge is 2.13. The highest BCUT2D eigenvalue weighted by Crippen LogP contribution is 2.25. The summed E-state index contributed by atoms with van der Waals surface area (Å²) in [5.41, 5.74) is -0.404. The number of carbonyl (C=O) groups excluding carboxylic acids is 1. The second kappa shape index (κ2) is 5.09. The molecule has 2 aromatic rings. The van der Waals surface area contributed by atoms with E-state index in [0.29, 0.717) is 4.47 Å². The number of rotatable bonds is 2. The van der Waals surface area contributed by atoms with Crippen LogP contribution in [0.2, 0.25) is 0 Å². The number of hydrogen-bond donors (Lipinski definition) is 2. The Morgan fingerprint density at radius 1 is 1.33 bits per heavy atom. The van der Waals surface area contributed by atoms with Gasteiger partial charge in [-0.05, 0) is 34.1 Å². The lowest BCUT2D eigenvalue weighted by Crippen LogP contribution is -2.18. The van der Waals surface area contributed by atoms with Crippen LogP contribution in [0.3, 0.4) is 0 Å². The Morgan fingerprint density at radius 3 is 2.72 bits per heavy atom. The summed E-state index contributed by atoms with van der Waals surface area (Å²) in [7, 11) is 0. The quantitative estimate of drug-likeness (QED) is 0.890. The molecule has 0 saturated carbocycles. The van der Waals surface area contributed by atoms with Crippen LogP contribution in [-0.4, -0.2) is 16.1 Å². The standard InChI is InChI=1S/C11H7BrFN3O2/c12-6-2-1-3-7(13)10(6)14-11(18)8-4-5-9(17)16-15-8/h1-5H,(H,14,18)(H,16,17). The molecule has 2 N–H and O–H groups in total. The van der Waals surface area contributed by atoms with Gasteiger partial charge in [0.1, 0.15) is 11.5 Å². The van der Waals surface area contributed by atoms with Crippen molar-refractivity contribution in [3.05, 3.63) is 56.7 Å². The minimum Gasteiger partial charge on any atom is -0.317 e. The monoisotopic (exact) mass is 311 g/mol.